The van der Waals surface area contributed by atoms with Gasteiger partial charge >= 0.3 is 12.0 Å². The minimum absolute atomic E-state index is 0.00855. The number of hydrogen-bond acceptors (Lipinski definition) is 3. The Labute approximate surface area is 124 Å². The quantitative estimate of drug-likeness (QED) is 0.476. The molecule has 4 N–H and O–H groups in total. The number of carboxylic acid groups (broad SMARTS) is 1. The minimum Gasteiger partial charge on any atom is -0.481 e. The molecule has 0 aliphatic heterocycles. The lowest BCUT2D eigenvalue weighted by Gasteiger charge is -2.25. The first-order valence-electron chi connectivity index (χ1n) is 7.36. The third-order valence-corrected chi connectivity index (χ3v) is 3.22. The molecular formula is C14H25N3O4. The van der Waals surface area contributed by atoms with E-state index in [2.05, 4.69) is 16.0 Å². The van der Waals surface area contributed by atoms with Crippen molar-refractivity contribution in [1.29, 1.82) is 0 Å². The molecular weight excluding hydrogens is 274 g/mol. The van der Waals surface area contributed by atoms with Crippen molar-refractivity contribution in [3.8, 4) is 0 Å². The van der Waals surface area contributed by atoms with Gasteiger partial charge in [-0.05, 0) is 39.5 Å². The maximum absolute atomic E-state index is 11.7. The Morgan fingerprint density at radius 3 is 2.43 bits per heavy atom. The van der Waals surface area contributed by atoms with Gasteiger partial charge in [0.1, 0.15) is 0 Å². The lowest BCUT2D eigenvalue weighted by molar-refractivity contribution is -0.137. The van der Waals surface area contributed by atoms with Gasteiger partial charge in [0.05, 0.1) is 0 Å². The van der Waals surface area contributed by atoms with E-state index in [0.29, 0.717) is 31.8 Å². The number of rotatable bonds is 9. The number of amides is 3. The fraction of sp³-hybridized carbons (Fsp3) is 0.786. The van der Waals surface area contributed by atoms with Crippen LogP contribution >= 0.6 is 0 Å². The van der Waals surface area contributed by atoms with Crippen molar-refractivity contribution in [3.63, 3.8) is 0 Å². The third kappa shape index (κ3) is 8.88. The summed E-state index contributed by atoms with van der Waals surface area (Å²) in [7, 11) is 0. The first-order valence-corrected chi connectivity index (χ1v) is 7.36. The Bertz CT molecular complexity index is 392. The van der Waals surface area contributed by atoms with Gasteiger partial charge in [0.15, 0.2) is 0 Å². The van der Waals surface area contributed by atoms with Crippen molar-refractivity contribution in [1.82, 2.24) is 16.0 Å². The van der Waals surface area contributed by atoms with Crippen LogP contribution < -0.4 is 16.0 Å². The fourth-order valence-corrected chi connectivity index (χ4v) is 1.81. The van der Waals surface area contributed by atoms with Crippen LogP contribution in [0.3, 0.4) is 0 Å². The Hall–Kier alpha value is -1.79. The summed E-state index contributed by atoms with van der Waals surface area (Å²) in [5.74, 6) is -0.853. The predicted molar refractivity (Wildman–Crippen MR) is 77.9 cm³/mol. The van der Waals surface area contributed by atoms with Crippen molar-refractivity contribution in [2.24, 2.45) is 0 Å². The molecule has 120 valence electrons. The maximum atomic E-state index is 11.7. The number of carboxylic acids is 1. The largest absolute Gasteiger partial charge is 0.481 e. The van der Waals surface area contributed by atoms with Gasteiger partial charge in [-0.25, -0.2) is 4.79 Å². The monoisotopic (exact) mass is 299 g/mol. The molecule has 0 bridgehead atoms. The SMILES string of the molecule is CC(C)(CCC(=O)O)NC(=O)NCCCC(=O)NC1CC1. The van der Waals surface area contributed by atoms with E-state index in [9.17, 15) is 14.4 Å². The third-order valence-electron chi connectivity index (χ3n) is 3.22. The van der Waals surface area contributed by atoms with Crippen LogP contribution in [0.15, 0.2) is 0 Å². The van der Waals surface area contributed by atoms with Crippen LogP contribution in [-0.4, -0.2) is 41.1 Å². The van der Waals surface area contributed by atoms with Crippen LogP contribution in [0.2, 0.25) is 0 Å². The summed E-state index contributed by atoms with van der Waals surface area (Å²) in [5.41, 5.74) is -0.578. The number of carbonyl (C=O) groups excluding carboxylic acids is 2. The van der Waals surface area contributed by atoms with E-state index in [1.54, 1.807) is 13.8 Å². The predicted octanol–water partition coefficient (Wildman–Crippen LogP) is 0.988. The van der Waals surface area contributed by atoms with E-state index in [1.807, 2.05) is 0 Å². The number of urea groups is 1. The molecule has 0 atom stereocenters. The molecule has 0 radical (unpaired) electrons. The van der Waals surface area contributed by atoms with Gasteiger partial charge < -0.3 is 21.1 Å². The highest BCUT2D eigenvalue weighted by molar-refractivity contribution is 5.77. The molecule has 1 aliphatic carbocycles. The summed E-state index contributed by atoms with van der Waals surface area (Å²) >= 11 is 0. The van der Waals surface area contributed by atoms with Crippen LogP contribution in [0, 0.1) is 0 Å². The first kappa shape index (κ1) is 17.3. The Morgan fingerprint density at radius 2 is 1.86 bits per heavy atom. The smallest absolute Gasteiger partial charge is 0.315 e. The lowest BCUT2D eigenvalue weighted by atomic mass is 9.99. The van der Waals surface area contributed by atoms with E-state index in [-0.39, 0.29) is 18.4 Å². The van der Waals surface area contributed by atoms with Gasteiger partial charge in [0.25, 0.3) is 0 Å². The lowest BCUT2D eigenvalue weighted by Crippen LogP contribution is -2.48. The van der Waals surface area contributed by atoms with Crippen LogP contribution in [0.25, 0.3) is 0 Å². The molecule has 1 rings (SSSR count). The molecule has 0 aromatic heterocycles. The van der Waals surface area contributed by atoms with Crippen molar-refractivity contribution >= 4 is 17.9 Å². The summed E-state index contributed by atoms with van der Waals surface area (Å²) in [4.78, 5) is 33.6. The molecule has 1 aliphatic rings. The molecule has 7 heteroatoms. The van der Waals surface area contributed by atoms with Crippen molar-refractivity contribution in [2.75, 3.05) is 6.54 Å². The van der Waals surface area contributed by atoms with Gasteiger partial charge in [-0.2, -0.15) is 0 Å². The van der Waals surface area contributed by atoms with Gasteiger partial charge in [-0.15, -0.1) is 0 Å². The summed E-state index contributed by atoms with van der Waals surface area (Å²) in [6, 6.07) is 0.0248. The molecule has 7 nitrogen and oxygen atoms in total. The molecule has 0 aromatic carbocycles. The van der Waals surface area contributed by atoms with Crippen LogP contribution in [0.1, 0.15) is 52.4 Å². The van der Waals surface area contributed by atoms with Crippen molar-refractivity contribution in [3.05, 3.63) is 0 Å². The van der Waals surface area contributed by atoms with Crippen LogP contribution in [0.5, 0.6) is 0 Å². The maximum Gasteiger partial charge on any atom is 0.315 e. The van der Waals surface area contributed by atoms with E-state index in [0.717, 1.165) is 12.8 Å². The zero-order valence-electron chi connectivity index (χ0n) is 12.7. The normalized spacial score (nSPS) is 14.4. The summed E-state index contributed by atoms with van der Waals surface area (Å²) in [6.07, 6.45) is 3.49. The molecule has 0 aromatic rings. The van der Waals surface area contributed by atoms with Crippen LogP contribution in [-0.2, 0) is 9.59 Å². The average molecular weight is 299 g/mol. The number of carbonyl (C=O) groups is 3. The second-order valence-electron chi connectivity index (χ2n) is 6.10. The van der Waals surface area contributed by atoms with Crippen molar-refractivity contribution in [2.45, 2.75) is 64.0 Å². The summed E-state index contributed by atoms with van der Waals surface area (Å²) in [5, 5.41) is 16.9. The first-order chi connectivity index (χ1) is 9.78. The van der Waals surface area contributed by atoms with Crippen molar-refractivity contribution < 1.29 is 19.5 Å². The summed E-state index contributed by atoms with van der Waals surface area (Å²) < 4.78 is 0. The molecule has 1 fully saturated rings. The zero-order valence-corrected chi connectivity index (χ0v) is 12.7. The Morgan fingerprint density at radius 1 is 1.19 bits per heavy atom. The number of hydrogen-bond donors (Lipinski definition) is 4. The molecule has 0 spiro atoms. The molecule has 1 saturated carbocycles. The molecule has 0 unspecified atom stereocenters. The standard InChI is InChI=1S/C14H25N3O4/c1-14(2,8-7-12(19)20)17-13(21)15-9-3-4-11(18)16-10-5-6-10/h10H,3-9H2,1-2H3,(H,16,18)(H,19,20)(H2,15,17,21). The molecule has 21 heavy (non-hydrogen) atoms. The van der Waals surface area contributed by atoms with Crippen LogP contribution in [0.4, 0.5) is 4.79 Å². The van der Waals surface area contributed by atoms with E-state index < -0.39 is 11.5 Å². The highest BCUT2D eigenvalue weighted by Crippen LogP contribution is 2.18. The second kappa shape index (κ2) is 7.85. The number of nitrogens with one attached hydrogen (secondary N) is 3. The molecule has 0 heterocycles. The van der Waals surface area contributed by atoms with Gasteiger partial charge in [-0.1, -0.05) is 0 Å². The number of aliphatic carboxylic acids is 1. The highest BCUT2D eigenvalue weighted by Gasteiger charge is 2.23. The Kier molecular flexibility index (Phi) is 6.45. The summed E-state index contributed by atoms with van der Waals surface area (Å²) in [6.45, 7) is 3.97. The van der Waals surface area contributed by atoms with Gasteiger partial charge in [0.2, 0.25) is 5.91 Å². The minimum atomic E-state index is -0.882. The van der Waals surface area contributed by atoms with E-state index in [1.165, 1.54) is 0 Å². The van der Waals surface area contributed by atoms with E-state index in [4.69, 9.17) is 5.11 Å². The highest BCUT2D eigenvalue weighted by atomic mass is 16.4. The zero-order chi connectivity index (χ0) is 15.9. The van der Waals surface area contributed by atoms with Gasteiger partial charge in [-0.3, -0.25) is 9.59 Å². The molecule has 0 saturated heterocycles. The fourth-order valence-electron chi connectivity index (χ4n) is 1.81. The van der Waals surface area contributed by atoms with Gasteiger partial charge in [0, 0.05) is 31.0 Å². The molecule has 3 amide bonds. The second-order valence-corrected chi connectivity index (χ2v) is 6.10. The topological polar surface area (TPSA) is 108 Å². The Balaban J connectivity index is 2.09. The van der Waals surface area contributed by atoms with E-state index >= 15 is 0 Å². The average Bonchev–Trinajstić information content (AvgIpc) is 3.16.